The summed E-state index contributed by atoms with van der Waals surface area (Å²) in [6.45, 7) is 0. The van der Waals surface area contributed by atoms with E-state index in [4.69, 9.17) is 0 Å². The Labute approximate surface area is 117 Å². The van der Waals surface area contributed by atoms with Crippen LogP contribution in [0.2, 0.25) is 0 Å². The van der Waals surface area contributed by atoms with Crippen molar-refractivity contribution in [1.82, 2.24) is 0 Å². The van der Waals surface area contributed by atoms with Crippen molar-refractivity contribution in [3.05, 3.63) is 50.9 Å². The average Bonchev–Trinajstić information content (AvgIpc) is 2.35. The highest BCUT2D eigenvalue weighted by Crippen LogP contribution is 2.31. The van der Waals surface area contributed by atoms with Gasteiger partial charge in [-0.25, -0.2) is 0 Å². The van der Waals surface area contributed by atoms with Crippen LogP contribution >= 0.6 is 31.9 Å². The minimum atomic E-state index is -0.0399. The van der Waals surface area contributed by atoms with Crippen LogP contribution in [0.1, 0.15) is 12.8 Å². The lowest BCUT2D eigenvalue weighted by Crippen LogP contribution is -2.15. The number of amides is 1. The van der Waals surface area contributed by atoms with Gasteiger partial charge in [0.05, 0.1) is 5.69 Å². The number of hydrogen-bond donors (Lipinski definition) is 1. The first-order valence-corrected chi connectivity index (χ1v) is 6.88. The first kappa shape index (κ1) is 12.6. The molecular weight excluding hydrogens is 346 g/mol. The molecule has 2 nitrogen and oxygen atoms in total. The number of benzene rings is 1. The average molecular weight is 357 g/mol. The molecule has 0 bridgehead atoms. The number of anilines is 1. The quantitative estimate of drug-likeness (QED) is 0.834. The second kappa shape index (κ2) is 5.65. The van der Waals surface area contributed by atoms with Crippen molar-refractivity contribution < 1.29 is 4.79 Å². The van der Waals surface area contributed by atoms with Gasteiger partial charge < -0.3 is 5.32 Å². The highest BCUT2D eigenvalue weighted by Gasteiger charge is 2.13. The van der Waals surface area contributed by atoms with Crippen LogP contribution in [0.25, 0.3) is 0 Å². The molecular formula is C13H11Br2NO. The van der Waals surface area contributed by atoms with E-state index in [1.807, 2.05) is 30.4 Å². The Kier molecular flexibility index (Phi) is 4.18. The van der Waals surface area contributed by atoms with Crippen molar-refractivity contribution >= 4 is 43.5 Å². The van der Waals surface area contributed by atoms with Gasteiger partial charge in [-0.15, -0.1) is 0 Å². The molecule has 0 saturated heterocycles. The lowest BCUT2D eigenvalue weighted by Gasteiger charge is -2.12. The van der Waals surface area contributed by atoms with Crippen LogP contribution in [-0.2, 0) is 4.79 Å². The molecule has 4 heteroatoms. The molecule has 2 rings (SSSR count). The molecule has 0 aliphatic heterocycles. The Morgan fingerprint density at radius 3 is 2.53 bits per heavy atom. The minimum absolute atomic E-state index is 0.0399. The summed E-state index contributed by atoms with van der Waals surface area (Å²) in [4.78, 5) is 12.0. The van der Waals surface area contributed by atoms with Crippen LogP contribution in [0.5, 0.6) is 0 Å². The number of nitrogens with one attached hydrogen (secondary N) is 1. The van der Waals surface area contributed by atoms with Crippen molar-refractivity contribution in [2.45, 2.75) is 12.8 Å². The number of halogens is 2. The van der Waals surface area contributed by atoms with Crippen molar-refractivity contribution in [3.8, 4) is 0 Å². The Morgan fingerprint density at radius 1 is 1.24 bits per heavy atom. The van der Waals surface area contributed by atoms with Gasteiger partial charge in [-0.05, 0) is 56.8 Å². The topological polar surface area (TPSA) is 29.1 Å². The van der Waals surface area contributed by atoms with E-state index in [0.717, 1.165) is 33.0 Å². The molecule has 88 valence electrons. The van der Waals surface area contributed by atoms with Crippen LogP contribution in [-0.4, -0.2) is 5.91 Å². The first-order valence-electron chi connectivity index (χ1n) is 5.29. The molecule has 17 heavy (non-hydrogen) atoms. The van der Waals surface area contributed by atoms with Gasteiger partial charge in [-0.3, -0.25) is 4.79 Å². The molecule has 1 N–H and O–H groups in total. The lowest BCUT2D eigenvalue weighted by molar-refractivity contribution is -0.113. The Morgan fingerprint density at radius 2 is 1.94 bits per heavy atom. The maximum absolute atomic E-state index is 12.0. The second-order valence-corrected chi connectivity index (χ2v) is 5.42. The van der Waals surface area contributed by atoms with Gasteiger partial charge in [0.1, 0.15) is 0 Å². The lowest BCUT2D eigenvalue weighted by atomic mass is 10.0. The Hall–Kier alpha value is -0.870. The van der Waals surface area contributed by atoms with Crippen molar-refractivity contribution in [2.75, 3.05) is 5.32 Å². The van der Waals surface area contributed by atoms with Gasteiger partial charge in [-0.1, -0.05) is 24.3 Å². The van der Waals surface area contributed by atoms with Gasteiger partial charge in [0, 0.05) is 14.5 Å². The van der Waals surface area contributed by atoms with E-state index < -0.39 is 0 Å². The van der Waals surface area contributed by atoms with Gasteiger partial charge in [-0.2, -0.15) is 0 Å². The van der Waals surface area contributed by atoms with E-state index in [1.54, 1.807) is 0 Å². The standard InChI is InChI=1S/C13H11Br2NO/c14-10-7-4-8-11(15)12(10)16-13(17)9-5-2-1-3-6-9/h1-2,4-5,7-8H,3,6H2,(H,16,17). The van der Waals surface area contributed by atoms with Crippen LogP contribution in [0, 0.1) is 0 Å². The molecule has 0 fully saturated rings. The number of carbonyl (C=O) groups is 1. The predicted octanol–water partition coefficient (Wildman–Crippen LogP) is 4.43. The maximum Gasteiger partial charge on any atom is 0.251 e. The summed E-state index contributed by atoms with van der Waals surface area (Å²) in [5, 5.41) is 2.91. The number of hydrogen-bond acceptors (Lipinski definition) is 1. The second-order valence-electron chi connectivity index (χ2n) is 3.71. The van der Waals surface area contributed by atoms with Crippen molar-refractivity contribution in [2.24, 2.45) is 0 Å². The summed E-state index contributed by atoms with van der Waals surface area (Å²) < 4.78 is 1.74. The Bertz CT molecular complexity index is 486. The molecule has 0 radical (unpaired) electrons. The SMILES string of the molecule is O=C(Nc1c(Br)cccc1Br)C1=CC=CCC1. The Balaban J connectivity index is 2.18. The van der Waals surface area contributed by atoms with E-state index in [-0.39, 0.29) is 5.91 Å². The third-order valence-electron chi connectivity index (χ3n) is 2.51. The monoisotopic (exact) mass is 355 g/mol. The normalized spacial score (nSPS) is 14.4. The van der Waals surface area contributed by atoms with Gasteiger partial charge in [0.2, 0.25) is 0 Å². The van der Waals surface area contributed by atoms with Gasteiger partial charge in [0.25, 0.3) is 5.91 Å². The van der Waals surface area contributed by atoms with E-state index in [9.17, 15) is 4.79 Å². The van der Waals surface area contributed by atoms with Crippen molar-refractivity contribution in [3.63, 3.8) is 0 Å². The number of para-hydroxylation sites is 1. The van der Waals surface area contributed by atoms with Crippen LogP contribution in [0.4, 0.5) is 5.69 Å². The molecule has 1 aromatic rings. The summed E-state index contributed by atoms with van der Waals surface area (Å²) in [7, 11) is 0. The summed E-state index contributed by atoms with van der Waals surface area (Å²) >= 11 is 6.84. The molecule has 1 aliphatic carbocycles. The maximum atomic E-state index is 12.0. The largest absolute Gasteiger partial charge is 0.320 e. The molecule has 1 aromatic carbocycles. The fraction of sp³-hybridized carbons (Fsp3) is 0.154. The minimum Gasteiger partial charge on any atom is -0.320 e. The number of allylic oxidation sites excluding steroid dienone is 3. The third kappa shape index (κ3) is 3.07. The first-order chi connectivity index (χ1) is 8.18. The molecule has 0 aromatic heterocycles. The highest BCUT2D eigenvalue weighted by molar-refractivity contribution is 9.11. The van der Waals surface area contributed by atoms with Crippen LogP contribution in [0.3, 0.4) is 0 Å². The molecule has 0 saturated carbocycles. The fourth-order valence-corrected chi connectivity index (χ4v) is 2.80. The zero-order chi connectivity index (χ0) is 12.3. The molecule has 1 amide bonds. The zero-order valence-electron chi connectivity index (χ0n) is 9.04. The smallest absolute Gasteiger partial charge is 0.251 e. The molecule has 0 atom stereocenters. The molecule has 0 heterocycles. The number of rotatable bonds is 2. The third-order valence-corrected chi connectivity index (χ3v) is 3.83. The summed E-state index contributed by atoms with van der Waals surface area (Å²) in [6.07, 6.45) is 7.57. The van der Waals surface area contributed by atoms with Gasteiger partial charge in [0.15, 0.2) is 0 Å². The van der Waals surface area contributed by atoms with E-state index in [0.29, 0.717) is 0 Å². The molecule has 1 aliphatic rings. The van der Waals surface area contributed by atoms with E-state index >= 15 is 0 Å². The summed E-state index contributed by atoms with van der Waals surface area (Å²) in [5.41, 5.74) is 1.59. The summed E-state index contributed by atoms with van der Waals surface area (Å²) in [5.74, 6) is -0.0399. The van der Waals surface area contributed by atoms with E-state index in [1.165, 1.54) is 0 Å². The zero-order valence-corrected chi connectivity index (χ0v) is 12.2. The highest BCUT2D eigenvalue weighted by atomic mass is 79.9. The van der Waals surface area contributed by atoms with Crippen LogP contribution in [0.15, 0.2) is 50.9 Å². The predicted molar refractivity (Wildman–Crippen MR) is 76.9 cm³/mol. The van der Waals surface area contributed by atoms with Crippen molar-refractivity contribution in [1.29, 1.82) is 0 Å². The molecule has 0 unspecified atom stereocenters. The van der Waals surface area contributed by atoms with Crippen LogP contribution < -0.4 is 5.32 Å². The fourth-order valence-electron chi connectivity index (χ4n) is 1.60. The van der Waals surface area contributed by atoms with E-state index in [2.05, 4.69) is 43.3 Å². The number of carbonyl (C=O) groups excluding carboxylic acids is 1. The molecule has 0 spiro atoms. The van der Waals surface area contributed by atoms with Gasteiger partial charge >= 0.3 is 0 Å². The summed E-state index contributed by atoms with van der Waals surface area (Å²) in [6, 6.07) is 5.71.